The van der Waals surface area contributed by atoms with Crippen molar-refractivity contribution in [1.82, 2.24) is 19.9 Å². The molecule has 1 saturated carbocycles. The van der Waals surface area contributed by atoms with Crippen LogP contribution in [0, 0.1) is 24.6 Å². The molecule has 30 heavy (non-hydrogen) atoms. The van der Waals surface area contributed by atoms with Gasteiger partial charge in [0.15, 0.2) is 5.82 Å². The van der Waals surface area contributed by atoms with E-state index in [4.69, 9.17) is 0 Å². The third kappa shape index (κ3) is 4.25. The molecule has 0 amide bonds. The van der Waals surface area contributed by atoms with Crippen molar-refractivity contribution < 1.29 is 9.50 Å². The van der Waals surface area contributed by atoms with E-state index in [9.17, 15) is 9.50 Å². The lowest BCUT2D eigenvalue weighted by atomic mass is 9.83. The van der Waals surface area contributed by atoms with Gasteiger partial charge in [0, 0.05) is 42.8 Å². The molecule has 2 atom stereocenters. The summed E-state index contributed by atoms with van der Waals surface area (Å²) in [6.07, 6.45) is 7.07. The topological polar surface area (TPSA) is 65.0 Å². The number of aromatic nitrogens is 3. The van der Waals surface area contributed by atoms with Crippen LogP contribution < -0.4 is 0 Å². The standard InChI is InChI=1S/C13H10FN3.C11H21NO/c1-8-3-2-4-11(17-8)9-5-6-15-13-12(9)10(14)7-16-13;1-8-6-12(10-4-3-5-10)7-9(2)11(8)13/h2-7H,1H3,(H,15,16);8-11,13H,3-7H2,1-2H3. The van der Waals surface area contributed by atoms with Gasteiger partial charge in [-0.15, -0.1) is 0 Å². The van der Waals surface area contributed by atoms with Gasteiger partial charge in [-0.2, -0.15) is 0 Å². The number of piperidine rings is 1. The van der Waals surface area contributed by atoms with Crippen molar-refractivity contribution in [3.8, 4) is 11.3 Å². The van der Waals surface area contributed by atoms with Crippen LogP contribution >= 0.6 is 0 Å². The molecule has 4 heterocycles. The molecule has 0 spiro atoms. The number of hydrogen-bond donors (Lipinski definition) is 2. The maximum atomic E-state index is 13.7. The molecule has 1 aliphatic heterocycles. The highest BCUT2D eigenvalue weighted by molar-refractivity contribution is 5.92. The Morgan fingerprint density at radius 1 is 1.13 bits per heavy atom. The van der Waals surface area contributed by atoms with Crippen LogP contribution in [0.15, 0.2) is 36.7 Å². The van der Waals surface area contributed by atoms with Gasteiger partial charge >= 0.3 is 0 Å². The van der Waals surface area contributed by atoms with E-state index in [0.29, 0.717) is 22.9 Å². The van der Waals surface area contributed by atoms with Crippen molar-refractivity contribution in [3.05, 3.63) is 48.2 Å². The van der Waals surface area contributed by atoms with Crippen LogP contribution in [0.5, 0.6) is 0 Å². The summed E-state index contributed by atoms with van der Waals surface area (Å²) >= 11 is 0. The number of rotatable bonds is 2. The molecule has 2 aliphatic rings. The van der Waals surface area contributed by atoms with Crippen LogP contribution in [0.2, 0.25) is 0 Å². The highest BCUT2D eigenvalue weighted by Crippen LogP contribution is 2.31. The Morgan fingerprint density at radius 3 is 2.50 bits per heavy atom. The first kappa shape index (κ1) is 20.9. The molecular formula is C24H31FN4O. The van der Waals surface area contributed by atoms with Crippen LogP contribution in [0.1, 0.15) is 38.8 Å². The van der Waals surface area contributed by atoms with E-state index in [1.807, 2.05) is 25.1 Å². The second-order valence-corrected chi connectivity index (χ2v) is 8.87. The first-order valence-corrected chi connectivity index (χ1v) is 10.9. The number of aromatic amines is 1. The Bertz CT molecular complexity index is 988. The van der Waals surface area contributed by atoms with Crippen molar-refractivity contribution in [2.24, 2.45) is 11.8 Å². The van der Waals surface area contributed by atoms with E-state index < -0.39 is 0 Å². The summed E-state index contributed by atoms with van der Waals surface area (Å²) < 4.78 is 13.7. The fourth-order valence-corrected chi connectivity index (χ4v) is 4.56. The van der Waals surface area contributed by atoms with Crippen LogP contribution in [-0.2, 0) is 0 Å². The minimum atomic E-state index is -0.300. The average Bonchev–Trinajstić information content (AvgIpc) is 3.06. The fraction of sp³-hybridized carbons (Fsp3) is 0.500. The zero-order chi connectivity index (χ0) is 21.3. The van der Waals surface area contributed by atoms with Gasteiger partial charge in [0.2, 0.25) is 0 Å². The van der Waals surface area contributed by atoms with Crippen molar-refractivity contribution >= 4 is 11.0 Å². The number of likely N-dealkylation sites (tertiary alicyclic amines) is 1. The van der Waals surface area contributed by atoms with Crippen LogP contribution in [0.25, 0.3) is 22.3 Å². The quantitative estimate of drug-likeness (QED) is 0.650. The number of hydrogen-bond acceptors (Lipinski definition) is 4. The summed E-state index contributed by atoms with van der Waals surface area (Å²) in [5, 5.41) is 10.3. The van der Waals surface area contributed by atoms with Crippen molar-refractivity contribution in [3.63, 3.8) is 0 Å². The van der Waals surface area contributed by atoms with Gasteiger partial charge in [-0.1, -0.05) is 26.3 Å². The van der Waals surface area contributed by atoms with Gasteiger partial charge < -0.3 is 10.1 Å². The highest BCUT2D eigenvalue weighted by atomic mass is 19.1. The summed E-state index contributed by atoms with van der Waals surface area (Å²) in [6, 6.07) is 8.32. The number of aliphatic hydroxyl groups is 1. The maximum Gasteiger partial charge on any atom is 0.150 e. The van der Waals surface area contributed by atoms with Crippen molar-refractivity contribution in [2.75, 3.05) is 13.1 Å². The monoisotopic (exact) mass is 410 g/mol. The first-order valence-electron chi connectivity index (χ1n) is 10.9. The molecule has 2 fully saturated rings. The largest absolute Gasteiger partial charge is 0.392 e. The first-order chi connectivity index (χ1) is 14.4. The lowest BCUT2D eigenvalue weighted by molar-refractivity contribution is -0.0356. The molecule has 0 bridgehead atoms. The van der Waals surface area contributed by atoms with Gasteiger partial charge in [0.05, 0.1) is 17.2 Å². The van der Waals surface area contributed by atoms with Crippen LogP contribution in [-0.4, -0.2) is 50.2 Å². The van der Waals surface area contributed by atoms with Crippen LogP contribution in [0.4, 0.5) is 4.39 Å². The Morgan fingerprint density at radius 2 is 1.87 bits per heavy atom. The molecule has 1 aliphatic carbocycles. The summed E-state index contributed by atoms with van der Waals surface area (Å²) in [7, 11) is 0. The Balaban J connectivity index is 0.000000151. The van der Waals surface area contributed by atoms with Gasteiger partial charge in [0.25, 0.3) is 0 Å². The number of aliphatic hydroxyl groups excluding tert-OH is 1. The predicted molar refractivity (Wildman–Crippen MR) is 118 cm³/mol. The van der Waals surface area contributed by atoms with Gasteiger partial charge in [-0.05, 0) is 49.8 Å². The number of nitrogens with zero attached hydrogens (tertiary/aromatic N) is 3. The molecule has 3 aromatic rings. The molecule has 2 N–H and O–H groups in total. The minimum absolute atomic E-state index is 0.0728. The Kier molecular flexibility index (Phi) is 6.16. The van der Waals surface area contributed by atoms with E-state index in [1.165, 1.54) is 25.5 Å². The SMILES string of the molecule is CC1CN(C2CCC2)CC(C)C1O.Cc1cccc(-c2ccnc3[nH]cc(F)c23)n1. The zero-order valence-corrected chi connectivity index (χ0v) is 18.0. The van der Waals surface area contributed by atoms with E-state index in [0.717, 1.165) is 36.1 Å². The van der Waals surface area contributed by atoms with E-state index in [2.05, 4.69) is 33.7 Å². The normalized spacial score (nSPS) is 24.9. The molecular weight excluding hydrogens is 379 g/mol. The van der Waals surface area contributed by atoms with E-state index in [-0.39, 0.29) is 11.9 Å². The van der Waals surface area contributed by atoms with Gasteiger partial charge in [-0.25, -0.2) is 9.37 Å². The number of fused-ring (bicyclic) bond motifs is 1. The smallest absolute Gasteiger partial charge is 0.150 e. The molecule has 3 aromatic heterocycles. The molecule has 5 rings (SSSR count). The average molecular weight is 411 g/mol. The maximum absolute atomic E-state index is 13.7. The van der Waals surface area contributed by atoms with Crippen molar-refractivity contribution in [2.45, 2.75) is 52.2 Å². The number of nitrogens with one attached hydrogen (secondary N) is 1. The summed E-state index contributed by atoms with van der Waals surface area (Å²) in [6.45, 7) is 8.47. The second-order valence-electron chi connectivity index (χ2n) is 8.87. The van der Waals surface area contributed by atoms with Crippen molar-refractivity contribution in [1.29, 1.82) is 0 Å². The number of H-pyrrole nitrogens is 1. The minimum Gasteiger partial charge on any atom is -0.392 e. The Labute approximate surface area is 177 Å². The summed E-state index contributed by atoms with van der Waals surface area (Å²) in [5.41, 5.74) is 2.97. The summed E-state index contributed by atoms with van der Waals surface area (Å²) in [4.78, 5) is 13.9. The van der Waals surface area contributed by atoms with Gasteiger partial charge in [0.1, 0.15) is 5.65 Å². The summed E-state index contributed by atoms with van der Waals surface area (Å²) in [5.74, 6) is 0.625. The van der Waals surface area contributed by atoms with E-state index in [1.54, 1.807) is 12.3 Å². The number of halogens is 1. The fourth-order valence-electron chi connectivity index (χ4n) is 4.56. The predicted octanol–water partition coefficient (Wildman–Crippen LogP) is 4.56. The molecule has 0 aromatic carbocycles. The molecule has 5 nitrogen and oxygen atoms in total. The second kappa shape index (κ2) is 8.82. The lowest BCUT2D eigenvalue weighted by Crippen LogP contribution is -2.53. The third-order valence-electron chi connectivity index (χ3n) is 6.49. The molecule has 160 valence electrons. The highest BCUT2D eigenvalue weighted by Gasteiger charge is 2.35. The van der Waals surface area contributed by atoms with Gasteiger partial charge in [-0.3, -0.25) is 9.88 Å². The molecule has 2 unspecified atom stereocenters. The zero-order valence-electron chi connectivity index (χ0n) is 18.0. The van der Waals surface area contributed by atoms with E-state index >= 15 is 0 Å². The third-order valence-corrected chi connectivity index (χ3v) is 6.49. The molecule has 0 radical (unpaired) electrons. The molecule has 1 saturated heterocycles. The number of pyridine rings is 2. The lowest BCUT2D eigenvalue weighted by Gasteiger charge is -2.45. The number of aryl methyl sites for hydroxylation is 1. The van der Waals surface area contributed by atoms with Crippen LogP contribution in [0.3, 0.4) is 0 Å². The Hall–Kier alpha value is -2.31. The molecule has 6 heteroatoms.